The van der Waals surface area contributed by atoms with Gasteiger partial charge in [0.2, 0.25) is 0 Å². The molecule has 0 bridgehead atoms. The second-order valence-electron chi connectivity index (χ2n) is 5.00. The number of alkyl halides is 2. The number of hydrogen-bond donors (Lipinski definition) is 2. The first-order chi connectivity index (χ1) is 7.91. The van der Waals surface area contributed by atoms with Gasteiger partial charge in [0.15, 0.2) is 0 Å². The van der Waals surface area contributed by atoms with Crippen LogP contribution in [0.4, 0.5) is 8.78 Å². The molecule has 0 amide bonds. The van der Waals surface area contributed by atoms with Crippen LogP contribution in [0.15, 0.2) is 0 Å². The Morgan fingerprint density at radius 2 is 2.06 bits per heavy atom. The van der Waals surface area contributed by atoms with Crippen molar-refractivity contribution >= 4 is 5.97 Å². The van der Waals surface area contributed by atoms with E-state index >= 15 is 0 Å². The van der Waals surface area contributed by atoms with Crippen molar-refractivity contribution in [1.82, 2.24) is 5.32 Å². The third kappa shape index (κ3) is 2.93. The second-order valence-corrected chi connectivity index (χ2v) is 5.00. The lowest BCUT2D eigenvalue weighted by Gasteiger charge is -2.23. The fourth-order valence-electron chi connectivity index (χ4n) is 2.44. The number of rotatable bonds is 4. The van der Waals surface area contributed by atoms with Crippen molar-refractivity contribution in [3.8, 4) is 0 Å². The lowest BCUT2D eigenvalue weighted by atomic mass is 10.0. The van der Waals surface area contributed by atoms with Crippen LogP contribution in [0, 0.1) is 0 Å². The number of aliphatic hydroxyl groups is 1. The summed E-state index contributed by atoms with van der Waals surface area (Å²) in [6, 6.07) is 0. The molecular weight excluding hydrogens is 232 g/mol. The number of carbonyl (C=O) groups is 1. The van der Waals surface area contributed by atoms with E-state index in [1.165, 1.54) is 0 Å². The van der Waals surface area contributed by atoms with Crippen LogP contribution in [-0.2, 0) is 9.53 Å². The standard InChI is InChI=1S/C11H17F2NO3/c12-11(13)5-8(17-9(11)15)6-14-7-10(16)3-1-2-4-10/h8,14,16H,1-7H2. The molecule has 1 saturated heterocycles. The zero-order chi connectivity index (χ0) is 12.5. The summed E-state index contributed by atoms with van der Waals surface area (Å²) in [6.45, 7) is 0.538. The maximum atomic E-state index is 12.8. The molecule has 0 radical (unpaired) electrons. The average molecular weight is 249 g/mol. The summed E-state index contributed by atoms with van der Waals surface area (Å²) < 4.78 is 30.2. The highest BCUT2D eigenvalue weighted by Gasteiger charge is 2.50. The zero-order valence-electron chi connectivity index (χ0n) is 9.55. The van der Waals surface area contributed by atoms with Crippen LogP contribution in [0.2, 0.25) is 0 Å². The van der Waals surface area contributed by atoms with Crippen molar-refractivity contribution in [2.45, 2.75) is 49.7 Å². The topological polar surface area (TPSA) is 58.6 Å². The van der Waals surface area contributed by atoms with Gasteiger partial charge in [-0.1, -0.05) is 12.8 Å². The minimum atomic E-state index is -3.35. The highest BCUT2D eigenvalue weighted by molar-refractivity contribution is 5.79. The summed E-state index contributed by atoms with van der Waals surface area (Å²) in [5.41, 5.74) is -0.717. The molecule has 0 aromatic heterocycles. The monoisotopic (exact) mass is 249 g/mol. The molecule has 0 aromatic rings. The van der Waals surface area contributed by atoms with Crippen molar-refractivity contribution in [3.63, 3.8) is 0 Å². The number of ether oxygens (including phenoxy) is 1. The quantitative estimate of drug-likeness (QED) is 0.725. The van der Waals surface area contributed by atoms with E-state index in [1.54, 1.807) is 0 Å². The predicted octanol–water partition coefficient (Wildman–Crippen LogP) is 0.832. The van der Waals surface area contributed by atoms with Gasteiger partial charge in [0, 0.05) is 13.1 Å². The molecule has 1 unspecified atom stereocenters. The lowest BCUT2D eigenvalue weighted by Crippen LogP contribution is -2.41. The van der Waals surface area contributed by atoms with E-state index in [-0.39, 0.29) is 6.54 Å². The van der Waals surface area contributed by atoms with E-state index in [2.05, 4.69) is 10.1 Å². The van der Waals surface area contributed by atoms with Crippen molar-refractivity contribution in [3.05, 3.63) is 0 Å². The Bertz CT molecular complexity index is 303. The smallest absolute Gasteiger partial charge is 0.377 e. The Kier molecular flexibility index (Phi) is 3.36. The van der Waals surface area contributed by atoms with E-state index in [0.29, 0.717) is 6.54 Å². The molecule has 17 heavy (non-hydrogen) atoms. The molecule has 2 fully saturated rings. The van der Waals surface area contributed by atoms with Gasteiger partial charge < -0.3 is 15.2 Å². The number of carbonyl (C=O) groups excluding carboxylic acids is 1. The summed E-state index contributed by atoms with van der Waals surface area (Å²) in [5.74, 6) is -4.79. The summed E-state index contributed by atoms with van der Waals surface area (Å²) in [6.07, 6.45) is 2.10. The van der Waals surface area contributed by atoms with Gasteiger partial charge in [-0.3, -0.25) is 0 Å². The molecule has 1 saturated carbocycles. The summed E-state index contributed by atoms with van der Waals surface area (Å²) >= 11 is 0. The maximum Gasteiger partial charge on any atom is 0.377 e. The molecule has 1 aliphatic heterocycles. The Balaban J connectivity index is 1.71. The number of nitrogens with one attached hydrogen (secondary N) is 1. The predicted molar refractivity (Wildman–Crippen MR) is 55.7 cm³/mol. The minimum Gasteiger partial charge on any atom is -0.456 e. The third-order valence-corrected chi connectivity index (χ3v) is 3.42. The van der Waals surface area contributed by atoms with Gasteiger partial charge in [-0.05, 0) is 12.8 Å². The van der Waals surface area contributed by atoms with E-state index in [1.807, 2.05) is 0 Å². The highest BCUT2D eigenvalue weighted by Crippen LogP contribution is 2.31. The van der Waals surface area contributed by atoms with Crippen LogP contribution in [-0.4, -0.2) is 41.8 Å². The van der Waals surface area contributed by atoms with E-state index in [0.717, 1.165) is 25.7 Å². The SMILES string of the molecule is O=C1OC(CNCC2(O)CCCC2)CC1(F)F. The van der Waals surface area contributed by atoms with Gasteiger partial charge in [0.1, 0.15) is 6.10 Å². The van der Waals surface area contributed by atoms with Crippen LogP contribution < -0.4 is 5.32 Å². The molecule has 0 aromatic carbocycles. The molecule has 1 aliphatic carbocycles. The van der Waals surface area contributed by atoms with Crippen LogP contribution in [0.5, 0.6) is 0 Å². The van der Waals surface area contributed by atoms with Crippen molar-refractivity contribution in [2.24, 2.45) is 0 Å². The van der Waals surface area contributed by atoms with Crippen molar-refractivity contribution in [1.29, 1.82) is 0 Å². The third-order valence-electron chi connectivity index (χ3n) is 3.42. The minimum absolute atomic E-state index is 0.170. The zero-order valence-corrected chi connectivity index (χ0v) is 9.55. The normalized spacial score (nSPS) is 30.5. The average Bonchev–Trinajstić information content (AvgIpc) is 2.73. The van der Waals surface area contributed by atoms with E-state index in [9.17, 15) is 18.7 Å². The molecule has 0 spiro atoms. The molecule has 6 heteroatoms. The summed E-state index contributed by atoms with van der Waals surface area (Å²) in [4.78, 5) is 10.7. The van der Waals surface area contributed by atoms with Crippen LogP contribution >= 0.6 is 0 Å². The Labute approximate surface area is 98.3 Å². The maximum absolute atomic E-state index is 12.8. The number of esters is 1. The van der Waals surface area contributed by atoms with Crippen molar-refractivity contribution < 1.29 is 23.4 Å². The second kappa shape index (κ2) is 4.49. The molecule has 2 N–H and O–H groups in total. The largest absolute Gasteiger partial charge is 0.456 e. The Morgan fingerprint density at radius 1 is 1.41 bits per heavy atom. The molecule has 1 atom stereocenters. The molecule has 98 valence electrons. The highest BCUT2D eigenvalue weighted by atomic mass is 19.3. The molecule has 1 heterocycles. The van der Waals surface area contributed by atoms with Gasteiger partial charge in [-0.2, -0.15) is 8.78 Å². The van der Waals surface area contributed by atoms with E-state index < -0.39 is 30.0 Å². The van der Waals surface area contributed by atoms with E-state index in [4.69, 9.17) is 0 Å². The Hall–Kier alpha value is -0.750. The number of halogens is 2. The first-order valence-corrected chi connectivity index (χ1v) is 5.93. The van der Waals surface area contributed by atoms with Crippen molar-refractivity contribution in [2.75, 3.05) is 13.1 Å². The van der Waals surface area contributed by atoms with Gasteiger partial charge in [0.05, 0.1) is 12.0 Å². The number of cyclic esters (lactones) is 1. The number of hydrogen-bond acceptors (Lipinski definition) is 4. The van der Waals surface area contributed by atoms with Gasteiger partial charge in [0.25, 0.3) is 0 Å². The fourth-order valence-corrected chi connectivity index (χ4v) is 2.44. The molecule has 2 rings (SSSR count). The Morgan fingerprint density at radius 3 is 2.59 bits per heavy atom. The lowest BCUT2D eigenvalue weighted by molar-refractivity contribution is -0.159. The fraction of sp³-hybridized carbons (Fsp3) is 0.909. The van der Waals surface area contributed by atoms with Gasteiger partial charge >= 0.3 is 11.9 Å². The van der Waals surface area contributed by atoms with Crippen LogP contribution in [0.1, 0.15) is 32.1 Å². The molecule has 4 nitrogen and oxygen atoms in total. The van der Waals surface area contributed by atoms with Crippen LogP contribution in [0.3, 0.4) is 0 Å². The molecular formula is C11H17F2NO3. The van der Waals surface area contributed by atoms with Crippen LogP contribution in [0.25, 0.3) is 0 Å². The first-order valence-electron chi connectivity index (χ1n) is 5.93. The van der Waals surface area contributed by atoms with Gasteiger partial charge in [-0.25, -0.2) is 4.79 Å². The first kappa shape index (κ1) is 12.7. The van der Waals surface area contributed by atoms with Gasteiger partial charge in [-0.15, -0.1) is 0 Å². The summed E-state index contributed by atoms with van der Waals surface area (Å²) in [5, 5.41) is 12.9. The summed E-state index contributed by atoms with van der Waals surface area (Å²) in [7, 11) is 0. The molecule has 2 aliphatic rings.